The van der Waals surface area contributed by atoms with Gasteiger partial charge in [-0.3, -0.25) is 9.69 Å². The SMILES string of the molecule is COc1ccccc1N1C(=O)c2ccccc2N[C@@H]1c1ccccc1. The molecule has 1 amide bonds. The van der Waals surface area contributed by atoms with Crippen molar-refractivity contribution in [1.29, 1.82) is 0 Å². The Balaban J connectivity index is 1.90. The van der Waals surface area contributed by atoms with Crippen LogP contribution in [0.1, 0.15) is 22.1 Å². The van der Waals surface area contributed by atoms with Gasteiger partial charge in [0, 0.05) is 5.69 Å². The van der Waals surface area contributed by atoms with E-state index < -0.39 is 0 Å². The Hall–Kier alpha value is -3.27. The quantitative estimate of drug-likeness (QED) is 0.770. The van der Waals surface area contributed by atoms with Gasteiger partial charge in [-0.2, -0.15) is 0 Å². The highest BCUT2D eigenvalue weighted by molar-refractivity contribution is 6.12. The van der Waals surface area contributed by atoms with Crippen LogP contribution in [0.2, 0.25) is 0 Å². The zero-order valence-electron chi connectivity index (χ0n) is 13.8. The first-order valence-corrected chi connectivity index (χ1v) is 8.16. The molecule has 0 saturated carbocycles. The van der Waals surface area contributed by atoms with Crippen LogP contribution in [0.5, 0.6) is 5.75 Å². The number of carbonyl (C=O) groups excluding carboxylic acids is 1. The number of carbonyl (C=O) groups is 1. The molecule has 1 aliphatic heterocycles. The van der Waals surface area contributed by atoms with Gasteiger partial charge in [0.15, 0.2) is 0 Å². The van der Waals surface area contributed by atoms with E-state index in [2.05, 4.69) is 5.32 Å². The molecule has 0 saturated heterocycles. The zero-order chi connectivity index (χ0) is 17.2. The number of methoxy groups -OCH3 is 1. The van der Waals surface area contributed by atoms with E-state index in [1.807, 2.05) is 78.9 Å². The second-order valence-electron chi connectivity index (χ2n) is 5.85. The van der Waals surface area contributed by atoms with Gasteiger partial charge >= 0.3 is 0 Å². The number of nitrogens with zero attached hydrogens (tertiary/aromatic N) is 1. The highest BCUT2D eigenvalue weighted by atomic mass is 16.5. The van der Waals surface area contributed by atoms with Crippen molar-refractivity contribution >= 4 is 17.3 Å². The standard InChI is InChI=1S/C21H18N2O2/c1-25-19-14-8-7-13-18(19)23-20(15-9-3-2-4-10-15)22-17-12-6-5-11-16(17)21(23)24/h2-14,20,22H,1H3/t20-/m0/s1. The molecule has 0 aromatic heterocycles. The molecule has 25 heavy (non-hydrogen) atoms. The molecule has 0 spiro atoms. The largest absolute Gasteiger partial charge is 0.495 e. The number of anilines is 2. The van der Waals surface area contributed by atoms with Crippen LogP contribution < -0.4 is 15.0 Å². The maximum absolute atomic E-state index is 13.3. The summed E-state index contributed by atoms with van der Waals surface area (Å²) in [5.41, 5.74) is 3.25. The topological polar surface area (TPSA) is 41.6 Å². The number of benzene rings is 3. The molecule has 1 N–H and O–H groups in total. The molecular formula is C21H18N2O2. The molecule has 0 aliphatic carbocycles. The van der Waals surface area contributed by atoms with Crippen molar-refractivity contribution in [3.05, 3.63) is 90.0 Å². The number of nitrogens with one attached hydrogen (secondary N) is 1. The Morgan fingerprint density at radius 3 is 2.36 bits per heavy atom. The van der Waals surface area contributed by atoms with Gasteiger partial charge in [-0.05, 0) is 29.8 Å². The number of hydrogen-bond donors (Lipinski definition) is 1. The van der Waals surface area contributed by atoms with Crippen LogP contribution in [0.4, 0.5) is 11.4 Å². The lowest BCUT2D eigenvalue weighted by Gasteiger charge is -2.38. The van der Waals surface area contributed by atoms with Crippen LogP contribution in [0.25, 0.3) is 0 Å². The van der Waals surface area contributed by atoms with Gasteiger partial charge in [-0.1, -0.05) is 54.6 Å². The lowest BCUT2D eigenvalue weighted by Crippen LogP contribution is -2.43. The van der Waals surface area contributed by atoms with E-state index in [1.165, 1.54) is 0 Å². The molecular weight excluding hydrogens is 312 g/mol. The van der Waals surface area contributed by atoms with Crippen LogP contribution in [0.15, 0.2) is 78.9 Å². The third kappa shape index (κ3) is 2.62. The number of ether oxygens (including phenoxy) is 1. The van der Waals surface area contributed by atoms with Crippen molar-refractivity contribution in [2.75, 3.05) is 17.3 Å². The van der Waals surface area contributed by atoms with Crippen molar-refractivity contribution in [1.82, 2.24) is 0 Å². The summed E-state index contributed by atoms with van der Waals surface area (Å²) in [6.07, 6.45) is -0.306. The average molecular weight is 330 g/mol. The summed E-state index contributed by atoms with van der Waals surface area (Å²) in [5.74, 6) is 0.616. The number of fused-ring (bicyclic) bond motifs is 1. The van der Waals surface area contributed by atoms with Gasteiger partial charge in [0.2, 0.25) is 0 Å². The number of amides is 1. The average Bonchev–Trinajstić information content (AvgIpc) is 2.68. The Labute approximate surface area is 146 Å². The van der Waals surface area contributed by atoms with Gasteiger partial charge in [0.05, 0.1) is 18.4 Å². The lowest BCUT2D eigenvalue weighted by atomic mass is 10.0. The lowest BCUT2D eigenvalue weighted by molar-refractivity contribution is 0.0974. The Kier molecular flexibility index (Phi) is 3.86. The molecule has 3 aromatic carbocycles. The third-order valence-corrected chi connectivity index (χ3v) is 4.39. The maximum Gasteiger partial charge on any atom is 0.262 e. The van der Waals surface area contributed by atoms with E-state index in [0.717, 1.165) is 16.9 Å². The first kappa shape index (κ1) is 15.3. The zero-order valence-corrected chi connectivity index (χ0v) is 13.8. The highest BCUT2D eigenvalue weighted by Crippen LogP contribution is 2.40. The van der Waals surface area contributed by atoms with Crippen LogP contribution in [-0.4, -0.2) is 13.0 Å². The van der Waals surface area contributed by atoms with Crippen molar-refractivity contribution in [3.8, 4) is 5.75 Å². The number of hydrogen-bond acceptors (Lipinski definition) is 3. The van der Waals surface area contributed by atoms with E-state index in [0.29, 0.717) is 11.3 Å². The summed E-state index contributed by atoms with van der Waals surface area (Å²) in [6, 6.07) is 25.1. The minimum Gasteiger partial charge on any atom is -0.495 e. The minimum absolute atomic E-state index is 0.0484. The van der Waals surface area contributed by atoms with Gasteiger partial charge in [0.25, 0.3) is 5.91 Å². The molecule has 4 rings (SSSR count). The normalized spacial score (nSPS) is 16.1. The molecule has 4 heteroatoms. The van der Waals surface area contributed by atoms with Crippen LogP contribution >= 0.6 is 0 Å². The second kappa shape index (κ2) is 6.32. The summed E-state index contributed by atoms with van der Waals surface area (Å²) in [4.78, 5) is 15.1. The molecule has 124 valence electrons. The first-order valence-electron chi connectivity index (χ1n) is 8.16. The molecule has 0 bridgehead atoms. The van der Waals surface area contributed by atoms with Crippen LogP contribution in [-0.2, 0) is 0 Å². The molecule has 0 radical (unpaired) electrons. The van der Waals surface area contributed by atoms with Gasteiger partial charge < -0.3 is 10.1 Å². The van der Waals surface area contributed by atoms with Crippen molar-refractivity contribution in [2.24, 2.45) is 0 Å². The van der Waals surface area contributed by atoms with Crippen LogP contribution in [0.3, 0.4) is 0 Å². The predicted molar refractivity (Wildman–Crippen MR) is 99.1 cm³/mol. The van der Waals surface area contributed by atoms with Gasteiger partial charge in [0.1, 0.15) is 11.9 Å². The number of para-hydroxylation sites is 3. The summed E-state index contributed by atoms with van der Waals surface area (Å²) in [6.45, 7) is 0. The Morgan fingerprint density at radius 1 is 0.880 bits per heavy atom. The second-order valence-corrected chi connectivity index (χ2v) is 5.85. The van der Waals surface area contributed by atoms with Crippen molar-refractivity contribution in [3.63, 3.8) is 0 Å². The summed E-state index contributed by atoms with van der Waals surface area (Å²) in [5, 5.41) is 3.49. The highest BCUT2D eigenvalue weighted by Gasteiger charge is 2.35. The van der Waals surface area contributed by atoms with E-state index >= 15 is 0 Å². The molecule has 4 nitrogen and oxygen atoms in total. The summed E-state index contributed by atoms with van der Waals surface area (Å²) in [7, 11) is 1.62. The van der Waals surface area contributed by atoms with Crippen molar-refractivity contribution < 1.29 is 9.53 Å². The fourth-order valence-electron chi connectivity index (χ4n) is 3.20. The Bertz CT molecular complexity index is 909. The fraction of sp³-hybridized carbons (Fsp3) is 0.0952. The minimum atomic E-state index is -0.306. The van der Waals surface area contributed by atoms with E-state index in [1.54, 1.807) is 12.0 Å². The first-order chi connectivity index (χ1) is 12.3. The predicted octanol–water partition coefficient (Wildman–Crippen LogP) is 4.47. The molecule has 0 unspecified atom stereocenters. The van der Waals surface area contributed by atoms with Crippen LogP contribution in [0, 0.1) is 0 Å². The smallest absolute Gasteiger partial charge is 0.262 e. The molecule has 1 atom stereocenters. The van der Waals surface area contributed by atoms with E-state index in [4.69, 9.17) is 4.74 Å². The van der Waals surface area contributed by atoms with Crippen molar-refractivity contribution in [2.45, 2.75) is 6.17 Å². The summed E-state index contributed by atoms with van der Waals surface area (Å²) >= 11 is 0. The van der Waals surface area contributed by atoms with Gasteiger partial charge in [-0.25, -0.2) is 0 Å². The molecule has 3 aromatic rings. The van der Waals surface area contributed by atoms with Gasteiger partial charge in [-0.15, -0.1) is 0 Å². The molecule has 0 fully saturated rings. The fourth-order valence-corrected chi connectivity index (χ4v) is 3.20. The molecule has 1 heterocycles. The summed E-state index contributed by atoms with van der Waals surface area (Å²) < 4.78 is 5.50. The third-order valence-electron chi connectivity index (χ3n) is 4.39. The number of rotatable bonds is 3. The monoisotopic (exact) mass is 330 g/mol. The molecule has 1 aliphatic rings. The van der Waals surface area contributed by atoms with E-state index in [9.17, 15) is 4.79 Å². The van der Waals surface area contributed by atoms with E-state index in [-0.39, 0.29) is 12.1 Å². The maximum atomic E-state index is 13.3. The Morgan fingerprint density at radius 2 is 1.56 bits per heavy atom.